The molecule has 2 aromatic rings. The highest BCUT2D eigenvalue weighted by atomic mass is 32.2. The lowest BCUT2D eigenvalue weighted by Gasteiger charge is -2.33. The Kier molecular flexibility index (Phi) is 5.06. The average Bonchev–Trinajstić information content (AvgIpc) is 2.67. The van der Waals surface area contributed by atoms with Crippen molar-refractivity contribution in [3.63, 3.8) is 0 Å². The van der Waals surface area contributed by atoms with Gasteiger partial charge in [-0.25, -0.2) is 9.97 Å². The maximum Gasteiger partial charge on any atom is 0.242 e. The Morgan fingerprint density at radius 3 is 2.70 bits per heavy atom. The zero-order valence-electron chi connectivity index (χ0n) is 14.0. The molecule has 0 fully saturated rings. The van der Waals surface area contributed by atoms with Crippen LogP contribution in [-0.4, -0.2) is 21.8 Å². The van der Waals surface area contributed by atoms with E-state index in [-0.39, 0.29) is 0 Å². The number of rotatable bonds is 4. The van der Waals surface area contributed by atoms with Gasteiger partial charge < -0.3 is 0 Å². The average molecular weight is 328 g/mol. The molecule has 0 amide bonds. The first-order chi connectivity index (χ1) is 11.2. The molecule has 4 nitrogen and oxygen atoms in total. The fourth-order valence-electron chi connectivity index (χ4n) is 3.05. The summed E-state index contributed by atoms with van der Waals surface area (Å²) >= 11 is 1.94. The van der Waals surface area contributed by atoms with E-state index >= 15 is 0 Å². The van der Waals surface area contributed by atoms with Gasteiger partial charge in [-0.3, -0.25) is 10.4 Å². The molecule has 1 atom stereocenters. The van der Waals surface area contributed by atoms with Crippen molar-refractivity contribution in [1.82, 2.24) is 9.97 Å². The number of nitrogens with zero attached hydrogens (tertiary/aromatic N) is 3. The third kappa shape index (κ3) is 3.78. The first-order valence-electron chi connectivity index (χ1n) is 8.27. The molecular weight excluding hydrogens is 304 g/mol. The van der Waals surface area contributed by atoms with Gasteiger partial charge in [-0.05, 0) is 44.9 Å². The van der Waals surface area contributed by atoms with Gasteiger partial charge in [0.2, 0.25) is 5.95 Å². The molecule has 0 saturated carbocycles. The summed E-state index contributed by atoms with van der Waals surface area (Å²) in [6, 6.07) is 11.1. The predicted octanol–water partition coefficient (Wildman–Crippen LogP) is 4.59. The van der Waals surface area contributed by atoms with Crippen LogP contribution in [0.2, 0.25) is 0 Å². The zero-order chi connectivity index (χ0) is 16.2. The Morgan fingerprint density at radius 2 is 1.96 bits per heavy atom. The Hall–Kier alpha value is -1.75. The molecule has 1 aliphatic rings. The van der Waals surface area contributed by atoms with Gasteiger partial charge in [0, 0.05) is 22.0 Å². The number of aryl methyl sites for hydroxylation is 2. The van der Waals surface area contributed by atoms with Crippen LogP contribution in [0.5, 0.6) is 0 Å². The molecule has 5 heteroatoms. The Balaban J connectivity index is 1.96. The minimum Gasteiger partial charge on any atom is -0.281 e. The van der Waals surface area contributed by atoms with Crippen LogP contribution in [0.15, 0.2) is 35.2 Å². The third-order valence-electron chi connectivity index (χ3n) is 4.02. The molecule has 1 N–H and O–H groups in total. The molecule has 0 spiro atoms. The normalized spacial score (nSPS) is 17.5. The van der Waals surface area contributed by atoms with Gasteiger partial charge in [-0.2, -0.15) is 0 Å². The first kappa shape index (κ1) is 16.1. The fourth-order valence-corrected chi connectivity index (χ4v) is 4.15. The molecule has 0 bridgehead atoms. The molecule has 1 aliphatic heterocycles. The van der Waals surface area contributed by atoms with Crippen molar-refractivity contribution in [2.75, 3.05) is 16.2 Å². The van der Waals surface area contributed by atoms with Gasteiger partial charge in [-0.1, -0.05) is 25.5 Å². The van der Waals surface area contributed by atoms with Gasteiger partial charge in [0.1, 0.15) is 0 Å². The smallest absolute Gasteiger partial charge is 0.242 e. The second-order valence-corrected chi connectivity index (χ2v) is 7.14. The first-order valence-corrected chi connectivity index (χ1v) is 9.26. The molecule has 2 heterocycles. The van der Waals surface area contributed by atoms with E-state index in [1.54, 1.807) is 0 Å². The van der Waals surface area contributed by atoms with Crippen molar-refractivity contribution in [3.8, 4) is 0 Å². The Bertz CT molecular complexity index is 654. The molecule has 1 aromatic carbocycles. The van der Waals surface area contributed by atoms with Crippen molar-refractivity contribution in [3.05, 3.63) is 41.7 Å². The number of nitrogens with one attached hydrogen (secondary N) is 1. The van der Waals surface area contributed by atoms with Crippen LogP contribution in [0.1, 0.15) is 37.6 Å². The highest BCUT2D eigenvalue weighted by Gasteiger charge is 2.25. The van der Waals surface area contributed by atoms with Crippen LogP contribution in [0.3, 0.4) is 0 Å². The number of fused-ring (bicyclic) bond motifs is 1. The maximum absolute atomic E-state index is 4.56. The number of para-hydroxylation sites is 1. The topological polar surface area (TPSA) is 41.0 Å². The van der Waals surface area contributed by atoms with Crippen LogP contribution in [0.4, 0.5) is 11.6 Å². The molecular formula is C18H24N4S. The number of anilines is 2. The summed E-state index contributed by atoms with van der Waals surface area (Å²) in [5, 5.41) is 2.28. The van der Waals surface area contributed by atoms with Crippen LogP contribution in [0.25, 0.3) is 0 Å². The van der Waals surface area contributed by atoms with Crippen LogP contribution < -0.4 is 10.4 Å². The zero-order valence-corrected chi connectivity index (χ0v) is 14.9. The molecule has 0 aliphatic carbocycles. The lowest BCUT2D eigenvalue weighted by Crippen LogP contribution is -2.40. The quantitative estimate of drug-likeness (QED) is 0.889. The lowest BCUT2D eigenvalue weighted by atomic mass is 10.1. The summed E-state index contributed by atoms with van der Waals surface area (Å²) in [6.07, 6.45) is 3.49. The summed E-state index contributed by atoms with van der Waals surface area (Å²) in [5.41, 5.74) is 6.70. The number of aromatic nitrogens is 2. The highest BCUT2D eigenvalue weighted by molar-refractivity contribution is 7.99. The second kappa shape index (κ2) is 7.21. The summed E-state index contributed by atoms with van der Waals surface area (Å²) < 4.78 is 0. The molecule has 0 radical (unpaired) electrons. The van der Waals surface area contributed by atoms with E-state index in [2.05, 4.69) is 51.6 Å². The molecule has 122 valence electrons. The van der Waals surface area contributed by atoms with Gasteiger partial charge in [-0.15, -0.1) is 11.8 Å². The van der Waals surface area contributed by atoms with Crippen LogP contribution in [0, 0.1) is 13.8 Å². The maximum atomic E-state index is 4.56. The highest BCUT2D eigenvalue weighted by Crippen LogP contribution is 2.36. The van der Waals surface area contributed by atoms with Gasteiger partial charge >= 0.3 is 0 Å². The van der Waals surface area contributed by atoms with Crippen LogP contribution in [-0.2, 0) is 0 Å². The van der Waals surface area contributed by atoms with E-state index in [0.717, 1.165) is 30.0 Å². The minimum atomic E-state index is 0.459. The molecule has 23 heavy (non-hydrogen) atoms. The molecule has 1 unspecified atom stereocenters. The van der Waals surface area contributed by atoms with Crippen molar-refractivity contribution >= 4 is 23.4 Å². The van der Waals surface area contributed by atoms with E-state index < -0.39 is 0 Å². The number of benzene rings is 1. The second-order valence-electron chi connectivity index (χ2n) is 6.00. The predicted molar refractivity (Wildman–Crippen MR) is 98.1 cm³/mol. The monoisotopic (exact) mass is 328 g/mol. The van der Waals surface area contributed by atoms with E-state index in [4.69, 9.17) is 0 Å². The number of hydrazine groups is 1. The number of thioether (sulfide) groups is 1. The standard InChI is InChI=1S/C18H24N4S/c1-4-7-15-10-11-23-17-9-6-5-8-16(17)22(15)21-18-19-13(2)12-14(3)20-18/h5-6,8-9,12,15H,4,7,10-11H2,1-3H3,(H,19,20,21). The van der Waals surface area contributed by atoms with Crippen molar-refractivity contribution in [1.29, 1.82) is 0 Å². The Labute approximate surface area is 142 Å². The Morgan fingerprint density at radius 1 is 1.22 bits per heavy atom. The van der Waals surface area contributed by atoms with Crippen LogP contribution >= 0.6 is 11.8 Å². The van der Waals surface area contributed by atoms with Crippen molar-refractivity contribution in [2.24, 2.45) is 0 Å². The fraction of sp³-hybridized carbons (Fsp3) is 0.444. The number of hydrogen-bond donors (Lipinski definition) is 1. The molecule has 0 saturated heterocycles. The number of hydrogen-bond acceptors (Lipinski definition) is 5. The summed E-state index contributed by atoms with van der Waals surface area (Å²) in [7, 11) is 0. The summed E-state index contributed by atoms with van der Waals surface area (Å²) in [6.45, 7) is 6.26. The van der Waals surface area contributed by atoms with E-state index in [1.165, 1.54) is 17.0 Å². The summed E-state index contributed by atoms with van der Waals surface area (Å²) in [5.74, 6) is 1.83. The van der Waals surface area contributed by atoms with Gasteiger partial charge in [0.15, 0.2) is 0 Å². The van der Waals surface area contributed by atoms with Gasteiger partial charge in [0.05, 0.1) is 11.7 Å². The molecule has 3 rings (SSSR count). The molecule has 1 aromatic heterocycles. The van der Waals surface area contributed by atoms with Gasteiger partial charge in [0.25, 0.3) is 0 Å². The summed E-state index contributed by atoms with van der Waals surface area (Å²) in [4.78, 5) is 10.4. The minimum absolute atomic E-state index is 0.459. The SMILES string of the molecule is CCCC1CCSc2ccccc2N1Nc1nc(C)cc(C)n1. The van der Waals surface area contributed by atoms with E-state index in [1.807, 2.05) is 31.7 Å². The van der Waals surface area contributed by atoms with Crippen molar-refractivity contribution in [2.45, 2.75) is 51.0 Å². The largest absolute Gasteiger partial charge is 0.281 e. The lowest BCUT2D eigenvalue weighted by molar-refractivity contribution is 0.556. The van der Waals surface area contributed by atoms with E-state index in [9.17, 15) is 0 Å². The van der Waals surface area contributed by atoms with E-state index in [0.29, 0.717) is 12.0 Å². The third-order valence-corrected chi connectivity index (χ3v) is 5.12. The van der Waals surface area contributed by atoms with Crippen molar-refractivity contribution < 1.29 is 0 Å².